The van der Waals surface area contributed by atoms with Crippen molar-refractivity contribution in [3.8, 4) is 11.5 Å². The van der Waals surface area contributed by atoms with E-state index in [2.05, 4.69) is 10.1 Å². The van der Waals surface area contributed by atoms with Crippen molar-refractivity contribution in [1.29, 1.82) is 0 Å². The van der Waals surface area contributed by atoms with Gasteiger partial charge in [0.25, 0.3) is 0 Å². The van der Waals surface area contributed by atoms with Crippen molar-refractivity contribution in [1.82, 2.24) is 4.90 Å². The lowest BCUT2D eigenvalue weighted by atomic mass is 10.2. The second-order valence-electron chi connectivity index (χ2n) is 5.39. The molecule has 7 heteroatoms. The summed E-state index contributed by atoms with van der Waals surface area (Å²) in [5, 5.41) is 2.54. The van der Waals surface area contributed by atoms with Crippen LogP contribution in [0.5, 0.6) is 11.5 Å². The SMILES string of the molecule is Cc1ccc(OCCN(C)C(=O)Nc2ccccc2OC(F)F)cc1. The Labute approximate surface area is 145 Å². The minimum atomic E-state index is -2.96. The summed E-state index contributed by atoms with van der Waals surface area (Å²) < 4.78 is 34.7. The zero-order valence-electron chi connectivity index (χ0n) is 14.0. The summed E-state index contributed by atoms with van der Waals surface area (Å²) in [5.74, 6) is 0.630. The zero-order chi connectivity index (χ0) is 18.2. The quantitative estimate of drug-likeness (QED) is 0.816. The van der Waals surface area contributed by atoms with Crippen molar-refractivity contribution in [2.24, 2.45) is 0 Å². The Morgan fingerprint density at radius 2 is 1.84 bits per heavy atom. The number of halogens is 2. The topological polar surface area (TPSA) is 50.8 Å². The molecule has 0 spiro atoms. The van der Waals surface area contributed by atoms with Gasteiger partial charge in [0.05, 0.1) is 12.2 Å². The third kappa shape index (κ3) is 5.95. The van der Waals surface area contributed by atoms with Crippen LogP contribution >= 0.6 is 0 Å². The fraction of sp³-hybridized carbons (Fsp3) is 0.278. The van der Waals surface area contributed by atoms with Gasteiger partial charge < -0.3 is 19.7 Å². The largest absolute Gasteiger partial charge is 0.492 e. The third-order valence-electron chi connectivity index (χ3n) is 3.41. The Morgan fingerprint density at radius 1 is 1.16 bits per heavy atom. The smallest absolute Gasteiger partial charge is 0.387 e. The second kappa shape index (κ2) is 8.86. The molecule has 2 rings (SSSR count). The van der Waals surface area contributed by atoms with Crippen molar-refractivity contribution in [2.75, 3.05) is 25.5 Å². The summed E-state index contributed by atoms with van der Waals surface area (Å²) in [7, 11) is 1.59. The molecule has 2 aromatic rings. The van der Waals surface area contributed by atoms with Crippen molar-refractivity contribution in [3.63, 3.8) is 0 Å². The van der Waals surface area contributed by atoms with Crippen LogP contribution in [0.25, 0.3) is 0 Å². The van der Waals surface area contributed by atoms with Crippen LogP contribution in [0.2, 0.25) is 0 Å². The maximum Gasteiger partial charge on any atom is 0.387 e. The van der Waals surface area contributed by atoms with E-state index in [1.165, 1.54) is 17.0 Å². The minimum absolute atomic E-state index is 0.0878. The summed E-state index contributed by atoms with van der Waals surface area (Å²) >= 11 is 0. The van der Waals surface area contributed by atoms with Crippen LogP contribution in [0.3, 0.4) is 0 Å². The highest BCUT2D eigenvalue weighted by Crippen LogP contribution is 2.25. The molecule has 0 heterocycles. The molecule has 0 atom stereocenters. The number of amides is 2. The van der Waals surface area contributed by atoms with Crippen LogP contribution < -0.4 is 14.8 Å². The lowest BCUT2D eigenvalue weighted by Gasteiger charge is -2.19. The summed E-state index contributed by atoms with van der Waals surface area (Å²) in [5.41, 5.74) is 1.31. The van der Waals surface area contributed by atoms with E-state index in [0.717, 1.165) is 11.3 Å². The number of aryl methyl sites for hydroxylation is 1. The maximum atomic E-state index is 12.4. The molecule has 0 aliphatic rings. The van der Waals surface area contributed by atoms with Crippen LogP contribution in [0.1, 0.15) is 5.56 Å². The molecule has 134 valence electrons. The zero-order valence-corrected chi connectivity index (χ0v) is 14.0. The lowest BCUT2D eigenvalue weighted by Crippen LogP contribution is -2.34. The van der Waals surface area contributed by atoms with Gasteiger partial charge in [0.1, 0.15) is 18.1 Å². The second-order valence-corrected chi connectivity index (χ2v) is 5.39. The Balaban J connectivity index is 1.85. The van der Waals surface area contributed by atoms with Gasteiger partial charge in [-0.3, -0.25) is 0 Å². The van der Waals surface area contributed by atoms with Gasteiger partial charge in [0.15, 0.2) is 0 Å². The Morgan fingerprint density at radius 3 is 2.52 bits per heavy atom. The molecule has 0 fully saturated rings. The lowest BCUT2D eigenvalue weighted by molar-refractivity contribution is -0.0493. The molecule has 1 N–H and O–H groups in total. The van der Waals surface area contributed by atoms with Crippen LogP contribution in [0.15, 0.2) is 48.5 Å². The molecule has 0 saturated heterocycles. The molecule has 0 aliphatic heterocycles. The highest BCUT2D eigenvalue weighted by Gasteiger charge is 2.14. The fourth-order valence-electron chi connectivity index (χ4n) is 2.02. The maximum absolute atomic E-state index is 12.4. The van der Waals surface area contributed by atoms with Gasteiger partial charge in [-0.15, -0.1) is 0 Å². The van der Waals surface area contributed by atoms with Crippen LogP contribution in [0, 0.1) is 6.92 Å². The summed E-state index contributed by atoms with van der Waals surface area (Å²) in [4.78, 5) is 13.5. The Kier molecular flexibility index (Phi) is 6.56. The number of carbonyl (C=O) groups excluding carboxylic acids is 1. The first-order valence-corrected chi connectivity index (χ1v) is 7.71. The average molecular weight is 350 g/mol. The molecule has 0 aliphatic carbocycles. The molecule has 0 radical (unpaired) electrons. The van der Waals surface area contributed by atoms with E-state index < -0.39 is 12.6 Å². The molecular weight excluding hydrogens is 330 g/mol. The van der Waals surface area contributed by atoms with E-state index in [1.807, 2.05) is 31.2 Å². The molecule has 5 nitrogen and oxygen atoms in total. The summed E-state index contributed by atoms with van der Waals surface area (Å²) in [6.45, 7) is -0.337. The van der Waals surface area contributed by atoms with E-state index in [0.29, 0.717) is 13.2 Å². The van der Waals surface area contributed by atoms with Gasteiger partial charge in [-0.2, -0.15) is 8.78 Å². The number of nitrogens with zero attached hydrogens (tertiary/aromatic N) is 1. The Hall–Kier alpha value is -2.83. The number of hydrogen-bond acceptors (Lipinski definition) is 3. The van der Waals surface area contributed by atoms with Gasteiger partial charge >= 0.3 is 12.6 Å². The number of ether oxygens (including phenoxy) is 2. The van der Waals surface area contributed by atoms with Gasteiger partial charge in [-0.05, 0) is 31.2 Å². The minimum Gasteiger partial charge on any atom is -0.492 e. The number of alkyl halides is 2. The molecule has 25 heavy (non-hydrogen) atoms. The first-order chi connectivity index (χ1) is 12.0. The van der Waals surface area contributed by atoms with Crippen molar-refractivity contribution >= 4 is 11.7 Å². The van der Waals surface area contributed by atoms with Crippen LogP contribution in [-0.2, 0) is 0 Å². The molecule has 2 amide bonds. The van der Waals surface area contributed by atoms with E-state index in [4.69, 9.17) is 4.74 Å². The fourth-order valence-corrected chi connectivity index (χ4v) is 2.02. The third-order valence-corrected chi connectivity index (χ3v) is 3.41. The van der Waals surface area contributed by atoms with E-state index in [-0.39, 0.29) is 11.4 Å². The molecular formula is C18H20F2N2O3. The number of para-hydroxylation sites is 2. The number of carbonyl (C=O) groups is 1. The summed E-state index contributed by atoms with van der Waals surface area (Å²) in [6, 6.07) is 13.2. The molecule has 0 unspecified atom stereocenters. The number of rotatable bonds is 7. The highest BCUT2D eigenvalue weighted by molar-refractivity contribution is 5.90. The number of hydrogen-bond donors (Lipinski definition) is 1. The van der Waals surface area contributed by atoms with Gasteiger partial charge in [-0.1, -0.05) is 29.8 Å². The van der Waals surface area contributed by atoms with Crippen molar-refractivity contribution in [2.45, 2.75) is 13.5 Å². The average Bonchev–Trinajstić information content (AvgIpc) is 2.58. The predicted octanol–water partition coefficient (Wildman–Crippen LogP) is 4.14. The molecule has 0 bridgehead atoms. The highest BCUT2D eigenvalue weighted by atomic mass is 19.3. The van der Waals surface area contributed by atoms with Gasteiger partial charge in [0.2, 0.25) is 0 Å². The first-order valence-electron chi connectivity index (χ1n) is 7.71. The van der Waals surface area contributed by atoms with Gasteiger partial charge in [0, 0.05) is 7.05 Å². The molecule has 2 aromatic carbocycles. The summed E-state index contributed by atoms with van der Waals surface area (Å²) in [6.07, 6.45) is 0. The van der Waals surface area contributed by atoms with Crippen molar-refractivity contribution < 1.29 is 23.0 Å². The predicted molar refractivity (Wildman–Crippen MR) is 91.4 cm³/mol. The number of likely N-dealkylation sites (N-methyl/N-ethyl adjacent to an activating group) is 1. The number of benzene rings is 2. The number of anilines is 1. The Bertz CT molecular complexity index is 693. The van der Waals surface area contributed by atoms with Crippen LogP contribution in [-0.4, -0.2) is 37.7 Å². The number of urea groups is 1. The standard InChI is InChI=1S/C18H20F2N2O3/c1-13-7-9-14(10-8-13)24-12-11-22(2)18(23)21-15-5-3-4-6-16(15)25-17(19)20/h3-10,17H,11-12H2,1-2H3,(H,21,23). The van der Waals surface area contributed by atoms with Crippen LogP contribution in [0.4, 0.5) is 19.3 Å². The van der Waals surface area contributed by atoms with E-state index in [9.17, 15) is 13.6 Å². The first kappa shape index (κ1) is 18.5. The number of nitrogens with one attached hydrogen (secondary N) is 1. The molecule has 0 aromatic heterocycles. The van der Waals surface area contributed by atoms with Crippen molar-refractivity contribution in [3.05, 3.63) is 54.1 Å². The van der Waals surface area contributed by atoms with E-state index in [1.54, 1.807) is 19.2 Å². The molecule has 0 saturated carbocycles. The van der Waals surface area contributed by atoms with Gasteiger partial charge in [-0.25, -0.2) is 4.79 Å². The normalized spacial score (nSPS) is 10.4. The van der Waals surface area contributed by atoms with E-state index >= 15 is 0 Å². The monoisotopic (exact) mass is 350 g/mol.